The molecule has 1 aliphatic heterocycles. The van der Waals surface area contributed by atoms with Crippen LogP contribution in [0.4, 0.5) is 15.0 Å². The first-order chi connectivity index (χ1) is 12.2. The fraction of sp³-hybridized carbons (Fsp3) is 0.167. The van der Waals surface area contributed by atoms with Crippen LogP contribution in [0.25, 0.3) is 0 Å². The molecule has 6 nitrogen and oxygen atoms in total. The number of amides is 1. The molecule has 1 aliphatic rings. The normalized spacial score (nSPS) is 13.6. The maximum Gasteiger partial charge on any atom is 0.335 e. The third kappa shape index (κ3) is 3.08. The molecule has 0 atom stereocenters. The molecule has 2 aromatic heterocycles. The molecule has 0 bridgehead atoms. The summed E-state index contributed by atoms with van der Waals surface area (Å²) in [5.41, 5.74) is 0.682. The lowest BCUT2D eigenvalue weighted by molar-refractivity contribution is 0.244. The molecule has 0 saturated heterocycles. The maximum atomic E-state index is 13.0. The number of ether oxygens (including phenoxy) is 1. The van der Waals surface area contributed by atoms with Gasteiger partial charge in [0.15, 0.2) is 0 Å². The largest absolute Gasteiger partial charge is 0.487 e. The molecule has 0 fully saturated rings. The van der Waals surface area contributed by atoms with Crippen molar-refractivity contribution in [2.45, 2.75) is 13.0 Å². The molecule has 0 spiro atoms. The van der Waals surface area contributed by atoms with E-state index < -0.39 is 5.82 Å². The zero-order valence-corrected chi connectivity index (χ0v) is 13.3. The SMILES string of the molecule is O=C1N(c2ccc(F)cn2)CCc2nc(COc3ccccc3)cn21. The quantitative estimate of drug-likeness (QED) is 0.734. The van der Waals surface area contributed by atoms with Crippen LogP contribution in [0.1, 0.15) is 11.5 Å². The molecule has 3 heterocycles. The Hall–Kier alpha value is -3.22. The Balaban J connectivity index is 1.51. The van der Waals surface area contributed by atoms with Crippen LogP contribution in [-0.4, -0.2) is 27.1 Å². The summed E-state index contributed by atoms with van der Waals surface area (Å²) < 4.78 is 20.2. The third-order valence-corrected chi connectivity index (χ3v) is 3.94. The van der Waals surface area contributed by atoms with Gasteiger partial charge in [-0.2, -0.15) is 0 Å². The van der Waals surface area contributed by atoms with Gasteiger partial charge in [-0.1, -0.05) is 18.2 Å². The number of halogens is 1. The van der Waals surface area contributed by atoms with Crippen molar-refractivity contribution in [2.24, 2.45) is 0 Å². The number of imidazole rings is 1. The van der Waals surface area contributed by atoms with E-state index in [0.29, 0.717) is 30.3 Å². The Bertz CT molecular complexity index is 893. The van der Waals surface area contributed by atoms with Crippen molar-refractivity contribution in [1.29, 1.82) is 0 Å². The van der Waals surface area contributed by atoms with Crippen molar-refractivity contribution < 1.29 is 13.9 Å². The zero-order valence-electron chi connectivity index (χ0n) is 13.3. The molecule has 0 N–H and O–H groups in total. The first kappa shape index (κ1) is 15.3. The second-order valence-electron chi connectivity index (χ2n) is 5.64. The highest BCUT2D eigenvalue weighted by Crippen LogP contribution is 2.20. The van der Waals surface area contributed by atoms with Crippen LogP contribution in [0.2, 0.25) is 0 Å². The van der Waals surface area contributed by atoms with Gasteiger partial charge in [0.1, 0.15) is 29.8 Å². The highest BCUT2D eigenvalue weighted by molar-refractivity contribution is 5.94. The predicted molar refractivity (Wildman–Crippen MR) is 89.0 cm³/mol. The minimum Gasteiger partial charge on any atom is -0.487 e. The first-order valence-electron chi connectivity index (χ1n) is 7.89. The average Bonchev–Trinajstić information content (AvgIpc) is 3.06. The lowest BCUT2D eigenvalue weighted by atomic mass is 10.3. The number of carbonyl (C=O) groups is 1. The number of pyridine rings is 1. The summed E-state index contributed by atoms with van der Waals surface area (Å²) in [5.74, 6) is 1.43. The van der Waals surface area contributed by atoms with E-state index in [2.05, 4.69) is 9.97 Å². The Morgan fingerprint density at radius 3 is 2.76 bits per heavy atom. The number of carbonyl (C=O) groups excluding carboxylic acids is 1. The fourth-order valence-corrected chi connectivity index (χ4v) is 2.74. The molecule has 0 aliphatic carbocycles. The number of hydrogen-bond donors (Lipinski definition) is 0. The number of para-hydroxylation sites is 1. The van der Waals surface area contributed by atoms with Crippen molar-refractivity contribution in [3.8, 4) is 5.75 Å². The Kier molecular flexibility index (Phi) is 3.89. The number of rotatable bonds is 4. The summed E-state index contributed by atoms with van der Waals surface area (Å²) in [5, 5.41) is 0. The summed E-state index contributed by atoms with van der Waals surface area (Å²) in [6.07, 6.45) is 3.37. The van der Waals surface area contributed by atoms with E-state index in [-0.39, 0.29) is 12.6 Å². The van der Waals surface area contributed by atoms with Gasteiger partial charge in [-0.3, -0.25) is 9.47 Å². The van der Waals surface area contributed by atoms with Crippen LogP contribution in [0.5, 0.6) is 5.75 Å². The van der Waals surface area contributed by atoms with Crippen LogP contribution in [0.15, 0.2) is 54.9 Å². The molecule has 1 amide bonds. The van der Waals surface area contributed by atoms with Crippen molar-refractivity contribution in [2.75, 3.05) is 11.4 Å². The Morgan fingerprint density at radius 2 is 2.00 bits per heavy atom. The summed E-state index contributed by atoms with van der Waals surface area (Å²) in [6, 6.07) is 12.0. The molecular formula is C18H15FN4O2. The Labute approximate surface area is 143 Å². The van der Waals surface area contributed by atoms with Gasteiger partial charge in [0.25, 0.3) is 0 Å². The predicted octanol–water partition coefficient (Wildman–Crippen LogP) is 3.03. The van der Waals surface area contributed by atoms with Crippen LogP contribution in [0, 0.1) is 5.82 Å². The number of hydrogen-bond acceptors (Lipinski definition) is 4. The molecule has 3 aromatic rings. The van der Waals surface area contributed by atoms with E-state index in [1.165, 1.54) is 21.6 Å². The molecule has 1 aromatic carbocycles. The molecular weight excluding hydrogens is 323 g/mol. The molecule has 25 heavy (non-hydrogen) atoms. The molecule has 7 heteroatoms. The molecule has 126 valence electrons. The van der Waals surface area contributed by atoms with Gasteiger partial charge < -0.3 is 4.74 Å². The lowest BCUT2D eigenvalue weighted by Gasteiger charge is -2.26. The van der Waals surface area contributed by atoms with Crippen molar-refractivity contribution in [3.05, 3.63) is 72.2 Å². The van der Waals surface area contributed by atoms with E-state index in [1.54, 1.807) is 6.20 Å². The van der Waals surface area contributed by atoms with Crippen LogP contribution in [0.3, 0.4) is 0 Å². The van der Waals surface area contributed by atoms with Gasteiger partial charge in [-0.15, -0.1) is 0 Å². The Morgan fingerprint density at radius 1 is 1.16 bits per heavy atom. The minimum absolute atomic E-state index is 0.251. The van der Waals surface area contributed by atoms with Crippen LogP contribution < -0.4 is 9.64 Å². The highest BCUT2D eigenvalue weighted by atomic mass is 19.1. The molecule has 4 rings (SSSR count). The van der Waals surface area contributed by atoms with Gasteiger partial charge in [-0.25, -0.2) is 19.2 Å². The van der Waals surface area contributed by atoms with Gasteiger partial charge in [0.05, 0.1) is 11.9 Å². The number of aromatic nitrogens is 3. The van der Waals surface area contributed by atoms with Gasteiger partial charge in [0.2, 0.25) is 0 Å². The van der Waals surface area contributed by atoms with E-state index >= 15 is 0 Å². The second-order valence-corrected chi connectivity index (χ2v) is 5.64. The van der Waals surface area contributed by atoms with E-state index in [0.717, 1.165) is 11.9 Å². The summed E-state index contributed by atoms with van der Waals surface area (Å²) in [7, 11) is 0. The van der Waals surface area contributed by atoms with Gasteiger partial charge in [-0.05, 0) is 24.3 Å². The number of fused-ring (bicyclic) bond motifs is 1. The fourth-order valence-electron chi connectivity index (χ4n) is 2.74. The summed E-state index contributed by atoms with van der Waals surface area (Å²) in [6.45, 7) is 0.736. The molecule has 0 unspecified atom stereocenters. The monoisotopic (exact) mass is 338 g/mol. The van der Waals surface area contributed by atoms with E-state index in [1.807, 2.05) is 30.3 Å². The second kappa shape index (κ2) is 6.35. The smallest absolute Gasteiger partial charge is 0.335 e. The zero-order chi connectivity index (χ0) is 17.2. The molecule has 0 saturated carbocycles. The average molecular weight is 338 g/mol. The van der Waals surface area contributed by atoms with Gasteiger partial charge in [0, 0.05) is 19.2 Å². The number of benzene rings is 1. The maximum absolute atomic E-state index is 13.0. The number of anilines is 1. The topological polar surface area (TPSA) is 60.3 Å². The lowest BCUT2D eigenvalue weighted by Crippen LogP contribution is -2.41. The standard InChI is InChI=1S/C18H15FN4O2/c19-13-6-7-16(20-10-13)22-9-8-17-21-14(11-23(17)18(22)24)12-25-15-4-2-1-3-5-15/h1-7,10-11H,8-9,12H2. The van der Waals surface area contributed by atoms with Gasteiger partial charge >= 0.3 is 6.03 Å². The van der Waals surface area contributed by atoms with E-state index in [4.69, 9.17) is 4.74 Å². The van der Waals surface area contributed by atoms with E-state index in [9.17, 15) is 9.18 Å². The highest BCUT2D eigenvalue weighted by Gasteiger charge is 2.27. The van der Waals surface area contributed by atoms with Crippen molar-refractivity contribution in [1.82, 2.24) is 14.5 Å². The minimum atomic E-state index is -0.433. The van der Waals surface area contributed by atoms with Crippen LogP contribution >= 0.6 is 0 Å². The summed E-state index contributed by atoms with van der Waals surface area (Å²) in [4.78, 5) is 22.6. The van der Waals surface area contributed by atoms with Crippen LogP contribution in [-0.2, 0) is 13.0 Å². The number of nitrogens with zero attached hydrogens (tertiary/aromatic N) is 4. The third-order valence-electron chi connectivity index (χ3n) is 3.94. The summed E-state index contributed by atoms with van der Waals surface area (Å²) >= 11 is 0. The van der Waals surface area contributed by atoms with Crippen molar-refractivity contribution in [3.63, 3.8) is 0 Å². The van der Waals surface area contributed by atoms with Crippen molar-refractivity contribution >= 4 is 11.8 Å². The first-order valence-corrected chi connectivity index (χ1v) is 7.89. The molecule has 0 radical (unpaired) electrons.